The molecule has 2 aromatic rings. The standard InChI is InChI=1S/C17H16ClNO3/c1-12(20)19-16(13-5-3-2-4-6-13)11-17(21)22-15-9-7-14(18)8-10-15/h2-10,16H,11H2,1H3,(H,19,20)/t16-/m0/s1. The summed E-state index contributed by atoms with van der Waals surface area (Å²) in [6.45, 7) is 1.42. The second-order valence-corrected chi connectivity index (χ2v) is 5.23. The predicted molar refractivity (Wildman–Crippen MR) is 84.7 cm³/mol. The summed E-state index contributed by atoms with van der Waals surface area (Å²) in [5, 5.41) is 3.33. The quantitative estimate of drug-likeness (QED) is 0.678. The molecular formula is C17H16ClNO3. The fourth-order valence-electron chi connectivity index (χ4n) is 2.03. The minimum atomic E-state index is -0.426. The molecule has 2 aromatic carbocycles. The van der Waals surface area contributed by atoms with E-state index in [0.29, 0.717) is 10.8 Å². The third kappa shape index (κ3) is 4.90. The third-order valence-electron chi connectivity index (χ3n) is 3.00. The van der Waals surface area contributed by atoms with Crippen LogP contribution < -0.4 is 10.1 Å². The first-order valence-corrected chi connectivity index (χ1v) is 7.20. The van der Waals surface area contributed by atoms with E-state index in [0.717, 1.165) is 5.56 Å². The van der Waals surface area contributed by atoms with Crippen molar-refractivity contribution in [3.63, 3.8) is 0 Å². The highest BCUT2D eigenvalue weighted by molar-refractivity contribution is 6.30. The zero-order valence-corrected chi connectivity index (χ0v) is 12.8. The fourth-order valence-corrected chi connectivity index (χ4v) is 2.15. The van der Waals surface area contributed by atoms with Gasteiger partial charge in [0.25, 0.3) is 0 Å². The number of ether oxygens (including phenoxy) is 1. The minimum absolute atomic E-state index is 0.0478. The summed E-state index contributed by atoms with van der Waals surface area (Å²) in [7, 11) is 0. The molecule has 0 bridgehead atoms. The maximum Gasteiger partial charge on any atom is 0.313 e. The van der Waals surface area contributed by atoms with Gasteiger partial charge in [-0.25, -0.2) is 0 Å². The van der Waals surface area contributed by atoms with Crippen LogP contribution in [0.2, 0.25) is 5.02 Å². The van der Waals surface area contributed by atoms with Crippen LogP contribution in [0.3, 0.4) is 0 Å². The van der Waals surface area contributed by atoms with Gasteiger partial charge in [0.15, 0.2) is 0 Å². The zero-order valence-electron chi connectivity index (χ0n) is 12.1. The van der Waals surface area contributed by atoms with Crippen molar-refractivity contribution in [1.29, 1.82) is 0 Å². The van der Waals surface area contributed by atoms with Crippen molar-refractivity contribution in [3.8, 4) is 5.75 Å². The van der Waals surface area contributed by atoms with E-state index in [-0.39, 0.29) is 12.3 Å². The number of halogens is 1. The Morgan fingerprint density at radius 3 is 2.32 bits per heavy atom. The maximum atomic E-state index is 12.1. The summed E-state index contributed by atoms with van der Waals surface area (Å²) in [5.74, 6) is -0.206. The van der Waals surface area contributed by atoms with Gasteiger partial charge in [0.05, 0.1) is 12.5 Å². The van der Waals surface area contributed by atoms with Crippen LogP contribution >= 0.6 is 11.6 Å². The summed E-state index contributed by atoms with van der Waals surface area (Å²) in [5.41, 5.74) is 0.853. The number of amides is 1. The van der Waals surface area contributed by atoms with Gasteiger partial charge in [0, 0.05) is 11.9 Å². The second kappa shape index (κ2) is 7.61. The normalized spacial score (nSPS) is 11.5. The molecule has 0 unspecified atom stereocenters. The highest BCUT2D eigenvalue weighted by atomic mass is 35.5. The molecule has 0 aliphatic heterocycles. The van der Waals surface area contributed by atoms with Gasteiger partial charge in [0.2, 0.25) is 5.91 Å². The molecule has 114 valence electrons. The molecule has 0 spiro atoms. The lowest BCUT2D eigenvalue weighted by molar-refractivity contribution is -0.135. The lowest BCUT2D eigenvalue weighted by atomic mass is 10.0. The molecule has 0 saturated carbocycles. The van der Waals surface area contributed by atoms with Crippen LogP contribution in [0.25, 0.3) is 0 Å². The first kappa shape index (κ1) is 16.0. The van der Waals surface area contributed by atoms with Gasteiger partial charge in [-0.2, -0.15) is 0 Å². The molecule has 1 atom stereocenters. The van der Waals surface area contributed by atoms with Gasteiger partial charge in [-0.1, -0.05) is 41.9 Å². The number of esters is 1. The van der Waals surface area contributed by atoms with Crippen LogP contribution in [0.5, 0.6) is 5.75 Å². The second-order valence-electron chi connectivity index (χ2n) is 4.80. The third-order valence-corrected chi connectivity index (χ3v) is 3.25. The molecule has 4 nitrogen and oxygen atoms in total. The lowest BCUT2D eigenvalue weighted by Gasteiger charge is -2.17. The molecule has 2 rings (SSSR count). The van der Waals surface area contributed by atoms with Crippen molar-refractivity contribution < 1.29 is 14.3 Å². The fraction of sp³-hybridized carbons (Fsp3) is 0.176. The van der Waals surface area contributed by atoms with Gasteiger partial charge >= 0.3 is 5.97 Å². The van der Waals surface area contributed by atoms with Crippen molar-refractivity contribution in [2.45, 2.75) is 19.4 Å². The molecule has 1 N–H and O–H groups in total. The van der Waals surface area contributed by atoms with Crippen molar-refractivity contribution in [3.05, 3.63) is 65.2 Å². The van der Waals surface area contributed by atoms with Crippen LogP contribution in [0, 0.1) is 0 Å². The van der Waals surface area contributed by atoms with Crippen LogP contribution in [0.4, 0.5) is 0 Å². The molecule has 5 heteroatoms. The number of hydrogen-bond acceptors (Lipinski definition) is 3. The Bertz CT molecular complexity index is 641. The molecule has 0 aliphatic carbocycles. The monoisotopic (exact) mass is 317 g/mol. The van der Waals surface area contributed by atoms with E-state index < -0.39 is 12.0 Å². The van der Waals surface area contributed by atoms with Gasteiger partial charge in [-0.05, 0) is 29.8 Å². The number of carbonyl (C=O) groups excluding carboxylic acids is 2. The molecule has 0 heterocycles. The van der Waals surface area contributed by atoms with E-state index in [9.17, 15) is 9.59 Å². The van der Waals surface area contributed by atoms with Crippen LogP contribution in [0.1, 0.15) is 24.9 Å². The maximum absolute atomic E-state index is 12.1. The Morgan fingerprint density at radius 1 is 1.09 bits per heavy atom. The van der Waals surface area contributed by atoms with E-state index in [1.54, 1.807) is 24.3 Å². The Morgan fingerprint density at radius 2 is 1.73 bits per heavy atom. The van der Waals surface area contributed by atoms with Crippen LogP contribution in [-0.2, 0) is 9.59 Å². The Kier molecular flexibility index (Phi) is 5.55. The Balaban J connectivity index is 2.04. The van der Waals surface area contributed by atoms with Crippen molar-refractivity contribution >= 4 is 23.5 Å². The molecule has 1 amide bonds. The SMILES string of the molecule is CC(=O)N[C@@H](CC(=O)Oc1ccc(Cl)cc1)c1ccccc1. The predicted octanol–water partition coefficient (Wildman–Crippen LogP) is 3.51. The molecule has 0 saturated heterocycles. The highest BCUT2D eigenvalue weighted by Gasteiger charge is 2.18. The molecule has 0 fully saturated rings. The van der Waals surface area contributed by atoms with Gasteiger partial charge in [0.1, 0.15) is 5.75 Å². The summed E-state index contributed by atoms with van der Waals surface area (Å²) >= 11 is 5.78. The van der Waals surface area contributed by atoms with E-state index in [1.807, 2.05) is 30.3 Å². The molecule has 0 radical (unpaired) electrons. The summed E-state index contributed by atoms with van der Waals surface area (Å²) in [6, 6.07) is 15.4. The van der Waals surface area contributed by atoms with E-state index in [1.165, 1.54) is 6.92 Å². The van der Waals surface area contributed by atoms with E-state index >= 15 is 0 Å². The van der Waals surface area contributed by atoms with Gasteiger partial charge in [-0.3, -0.25) is 9.59 Å². The number of benzene rings is 2. The van der Waals surface area contributed by atoms with Crippen molar-refractivity contribution in [2.24, 2.45) is 0 Å². The van der Waals surface area contributed by atoms with Crippen molar-refractivity contribution in [1.82, 2.24) is 5.32 Å². The number of rotatable bonds is 5. The molecule has 0 aliphatic rings. The smallest absolute Gasteiger partial charge is 0.313 e. The first-order valence-electron chi connectivity index (χ1n) is 6.83. The molecule has 0 aromatic heterocycles. The largest absolute Gasteiger partial charge is 0.426 e. The van der Waals surface area contributed by atoms with E-state index in [4.69, 9.17) is 16.3 Å². The summed E-state index contributed by atoms with van der Waals surface area (Å²) < 4.78 is 5.25. The minimum Gasteiger partial charge on any atom is -0.426 e. The summed E-state index contributed by atoms with van der Waals surface area (Å²) in [4.78, 5) is 23.4. The highest BCUT2D eigenvalue weighted by Crippen LogP contribution is 2.20. The van der Waals surface area contributed by atoms with Crippen molar-refractivity contribution in [2.75, 3.05) is 0 Å². The van der Waals surface area contributed by atoms with E-state index in [2.05, 4.69) is 5.32 Å². The average Bonchev–Trinajstić information content (AvgIpc) is 2.49. The van der Waals surface area contributed by atoms with Gasteiger partial charge < -0.3 is 10.1 Å². The topological polar surface area (TPSA) is 55.4 Å². The molecule has 22 heavy (non-hydrogen) atoms. The number of hydrogen-bond donors (Lipinski definition) is 1. The Labute approximate surface area is 134 Å². The van der Waals surface area contributed by atoms with Crippen LogP contribution in [0.15, 0.2) is 54.6 Å². The Hall–Kier alpha value is -2.33. The molecular weight excluding hydrogens is 302 g/mol. The number of carbonyl (C=O) groups is 2. The van der Waals surface area contributed by atoms with Crippen LogP contribution in [-0.4, -0.2) is 11.9 Å². The number of nitrogens with one attached hydrogen (secondary N) is 1. The average molecular weight is 318 g/mol. The zero-order chi connectivity index (χ0) is 15.9. The summed E-state index contributed by atoms with van der Waals surface area (Å²) in [6.07, 6.45) is 0.0478. The first-order chi connectivity index (χ1) is 10.5. The lowest BCUT2D eigenvalue weighted by Crippen LogP contribution is -2.29. The van der Waals surface area contributed by atoms with Gasteiger partial charge in [-0.15, -0.1) is 0 Å².